The van der Waals surface area contributed by atoms with Gasteiger partial charge in [0.15, 0.2) is 11.5 Å². The predicted octanol–water partition coefficient (Wildman–Crippen LogP) is 4.99. The number of rotatable bonds is 9. The number of ether oxygens (including phenoxy) is 2. The summed E-state index contributed by atoms with van der Waals surface area (Å²) < 4.78 is 127. The van der Waals surface area contributed by atoms with Gasteiger partial charge in [0.2, 0.25) is 0 Å². The van der Waals surface area contributed by atoms with E-state index in [1.165, 1.54) is 26.0 Å². The molecule has 2 atom stereocenters. The first-order valence-electron chi connectivity index (χ1n) is 16.1. The van der Waals surface area contributed by atoms with Crippen molar-refractivity contribution in [3.8, 4) is 11.5 Å². The number of Topliss-reactive ketones (excluding diaryl/α,β-unsaturated/α-hetero) is 1. The number of hydrogen-bond acceptors (Lipinski definition) is 5. The molecule has 37 heavy (non-hydrogen) atoms. The average Bonchev–Trinajstić information content (AvgIpc) is 3.56. The van der Waals surface area contributed by atoms with Crippen LogP contribution < -0.4 is 9.47 Å². The van der Waals surface area contributed by atoms with Gasteiger partial charge in [0.25, 0.3) is 0 Å². The number of benzene rings is 2. The SMILES string of the molecule is [2H]c1c([2H])c(C2(C(=O)Cc3cc4cc(C(C)(CC)C([2H])([2H])[2H])n(C([2H])([2H])[C@]([2H])(O)CO)c4cc3F)CC2)c([2H])c2c1OC(F)(F)O2. The van der Waals surface area contributed by atoms with E-state index in [0.717, 1.165) is 6.07 Å². The second kappa shape index (κ2) is 8.77. The average molecular weight is 527 g/mol. The zero-order valence-corrected chi connectivity index (χ0v) is 20.0. The maximum atomic E-state index is 15.8. The first-order valence-corrected chi connectivity index (χ1v) is 11.6. The van der Waals surface area contributed by atoms with Crippen LogP contribution in [-0.4, -0.2) is 39.5 Å². The van der Waals surface area contributed by atoms with Gasteiger partial charge in [0, 0.05) is 27.0 Å². The maximum absolute atomic E-state index is 15.8. The summed E-state index contributed by atoms with van der Waals surface area (Å²) in [6.07, 6.45) is -7.95. The number of aromatic nitrogens is 1. The Hall–Kier alpha value is -3.04. The summed E-state index contributed by atoms with van der Waals surface area (Å²) in [6.45, 7) is -4.46. The van der Waals surface area contributed by atoms with Crippen LogP contribution in [0.4, 0.5) is 13.2 Å². The van der Waals surface area contributed by atoms with Crippen molar-refractivity contribution in [1.29, 1.82) is 0 Å². The Balaban J connectivity index is 1.63. The summed E-state index contributed by atoms with van der Waals surface area (Å²) in [5.74, 6) is -3.34. The first-order chi connectivity index (χ1) is 21.0. The van der Waals surface area contributed by atoms with Gasteiger partial charge in [0.05, 0.1) is 38.3 Å². The monoisotopic (exact) mass is 526 g/mol. The molecule has 0 radical (unpaired) electrons. The van der Waals surface area contributed by atoms with Gasteiger partial charge >= 0.3 is 6.29 Å². The van der Waals surface area contributed by atoms with Gasteiger partial charge in [-0.25, -0.2) is 4.39 Å². The number of alkyl halides is 2. The Bertz CT molecular complexity index is 1770. The number of fused-ring (bicyclic) bond motifs is 2. The molecule has 2 heterocycles. The Morgan fingerprint density at radius 1 is 1.32 bits per heavy atom. The lowest BCUT2D eigenvalue weighted by Crippen LogP contribution is -2.26. The highest BCUT2D eigenvalue weighted by atomic mass is 19.3. The quantitative estimate of drug-likeness (QED) is 0.411. The van der Waals surface area contributed by atoms with E-state index in [1.54, 1.807) is 0 Å². The van der Waals surface area contributed by atoms with Crippen LogP contribution in [0.25, 0.3) is 10.9 Å². The lowest BCUT2D eigenvalue weighted by Gasteiger charge is -2.26. The lowest BCUT2D eigenvalue weighted by atomic mass is 9.86. The number of hydrogen-bond donors (Lipinski definition) is 2. The van der Waals surface area contributed by atoms with Crippen molar-refractivity contribution in [2.75, 3.05) is 6.61 Å². The Labute approximate surface area is 225 Å². The van der Waals surface area contributed by atoms with E-state index < -0.39 is 90.8 Å². The van der Waals surface area contributed by atoms with E-state index in [4.69, 9.17) is 12.3 Å². The van der Waals surface area contributed by atoms with E-state index in [1.807, 2.05) is 0 Å². The van der Waals surface area contributed by atoms with Crippen molar-refractivity contribution in [2.45, 2.75) is 76.1 Å². The minimum absolute atomic E-state index is 0.0479. The second-order valence-electron chi connectivity index (χ2n) is 9.53. The van der Waals surface area contributed by atoms with Crippen molar-refractivity contribution < 1.29 is 50.0 Å². The number of carbonyl (C=O) groups excluding carboxylic acids is 1. The van der Waals surface area contributed by atoms with Crippen LogP contribution in [0.3, 0.4) is 0 Å². The fraction of sp³-hybridized carbons (Fsp3) is 0.464. The highest BCUT2D eigenvalue weighted by Gasteiger charge is 2.52. The van der Waals surface area contributed by atoms with Crippen molar-refractivity contribution in [2.24, 2.45) is 0 Å². The van der Waals surface area contributed by atoms with Crippen molar-refractivity contribution >= 4 is 16.7 Å². The molecule has 1 saturated carbocycles. The van der Waals surface area contributed by atoms with E-state index in [2.05, 4.69) is 9.47 Å². The fourth-order valence-corrected chi connectivity index (χ4v) is 4.44. The van der Waals surface area contributed by atoms with E-state index in [-0.39, 0.29) is 47.0 Å². The molecule has 0 spiro atoms. The van der Waals surface area contributed by atoms with Crippen LogP contribution in [0, 0.1) is 5.82 Å². The van der Waals surface area contributed by atoms with E-state index in [9.17, 15) is 23.8 Å². The largest absolute Gasteiger partial charge is 0.586 e. The Morgan fingerprint density at radius 2 is 2.05 bits per heavy atom. The number of nitrogens with zero attached hydrogens (tertiary/aromatic N) is 1. The standard InChI is InChI=1S/C28H30F3NO5/c1-4-26(2,3)24-10-17-9-16(20(29)13-21(17)32(24)14-19(34)15-33)11-25(35)27(7-8-27)18-5-6-22-23(12-18)37-28(30,31)36-22/h5-6,9-10,12-13,19,33-34H,4,7-8,11,14-15H2,1-3H3/t19-/m0/s1/i2D3,5D,6D,12D,14D2,19D/t19-,26?. The topological polar surface area (TPSA) is 80.9 Å². The van der Waals surface area contributed by atoms with Gasteiger partial charge in [-0.05, 0) is 60.7 Å². The summed E-state index contributed by atoms with van der Waals surface area (Å²) in [6, 6.07) is 1.02. The predicted molar refractivity (Wildman–Crippen MR) is 131 cm³/mol. The molecule has 2 aliphatic rings. The van der Waals surface area contributed by atoms with Gasteiger partial charge in [0.1, 0.15) is 11.6 Å². The number of halogens is 3. The normalized spacial score (nSPS) is 24.7. The van der Waals surface area contributed by atoms with Gasteiger partial charge in [-0.2, -0.15) is 0 Å². The molecule has 6 nitrogen and oxygen atoms in total. The molecule has 1 aliphatic carbocycles. The zero-order chi connectivity index (χ0) is 34.6. The van der Waals surface area contributed by atoms with Crippen molar-refractivity contribution in [3.63, 3.8) is 0 Å². The van der Waals surface area contributed by atoms with Crippen LogP contribution in [0.1, 0.15) is 69.1 Å². The molecule has 2 N–H and O–H groups in total. The highest BCUT2D eigenvalue weighted by molar-refractivity contribution is 5.95. The molecule has 0 bridgehead atoms. The number of aliphatic hydroxyl groups excluding tert-OH is 1. The molecule has 1 aliphatic heterocycles. The molecule has 9 heteroatoms. The number of ketones is 1. The fourth-order valence-electron chi connectivity index (χ4n) is 4.44. The van der Waals surface area contributed by atoms with Crippen molar-refractivity contribution in [3.05, 3.63) is 59.0 Å². The number of carbonyl (C=O) groups is 1. The van der Waals surface area contributed by atoms with Crippen molar-refractivity contribution in [1.82, 2.24) is 4.57 Å². The van der Waals surface area contributed by atoms with Crippen LogP contribution in [0.2, 0.25) is 0 Å². The van der Waals surface area contributed by atoms with E-state index >= 15 is 4.39 Å². The Morgan fingerprint density at radius 3 is 2.70 bits per heavy atom. The third kappa shape index (κ3) is 4.48. The lowest BCUT2D eigenvalue weighted by molar-refractivity contribution is -0.286. The smallest absolute Gasteiger partial charge is 0.395 e. The molecule has 198 valence electrons. The summed E-state index contributed by atoms with van der Waals surface area (Å²) in [5.41, 5.74) is -4.43. The molecule has 3 aromatic rings. The minimum atomic E-state index is -4.18. The van der Waals surface area contributed by atoms with Crippen LogP contribution in [0.15, 0.2) is 36.3 Å². The van der Waals surface area contributed by atoms with Crippen LogP contribution in [-0.2, 0) is 28.5 Å². The second-order valence-corrected chi connectivity index (χ2v) is 9.53. The molecule has 2 aromatic carbocycles. The summed E-state index contributed by atoms with van der Waals surface area (Å²) in [5, 5.41) is 20.1. The maximum Gasteiger partial charge on any atom is 0.586 e. The molecule has 0 saturated heterocycles. The molecular weight excluding hydrogens is 487 g/mol. The van der Waals surface area contributed by atoms with Gasteiger partial charge < -0.3 is 24.3 Å². The summed E-state index contributed by atoms with van der Waals surface area (Å²) >= 11 is 0. The molecular formula is C28H30F3NO5. The third-order valence-corrected chi connectivity index (χ3v) is 6.93. The molecule has 1 aromatic heterocycles. The van der Waals surface area contributed by atoms with Gasteiger partial charge in [-0.15, -0.1) is 8.78 Å². The molecule has 5 rings (SSSR count). The minimum Gasteiger partial charge on any atom is -0.395 e. The molecule has 1 fully saturated rings. The van der Waals surface area contributed by atoms with E-state index in [0.29, 0.717) is 4.57 Å². The Kier molecular flexibility index (Phi) is 3.97. The highest BCUT2D eigenvalue weighted by Crippen LogP contribution is 2.52. The van der Waals surface area contributed by atoms with Crippen LogP contribution >= 0.6 is 0 Å². The zero-order valence-electron chi connectivity index (χ0n) is 29.0. The number of aliphatic hydroxyl groups is 2. The third-order valence-electron chi connectivity index (χ3n) is 6.93. The van der Waals surface area contributed by atoms with Gasteiger partial charge in [-0.1, -0.05) is 26.7 Å². The summed E-state index contributed by atoms with van der Waals surface area (Å²) in [4.78, 5) is 13.7. The van der Waals surface area contributed by atoms with Crippen LogP contribution in [0.5, 0.6) is 11.5 Å². The molecule has 0 amide bonds. The molecule has 1 unspecified atom stereocenters. The first kappa shape index (κ1) is 16.7. The summed E-state index contributed by atoms with van der Waals surface area (Å²) in [7, 11) is 0. The van der Waals surface area contributed by atoms with Gasteiger partial charge in [-0.3, -0.25) is 4.79 Å².